The van der Waals surface area contributed by atoms with Crippen molar-refractivity contribution in [1.29, 1.82) is 0 Å². The summed E-state index contributed by atoms with van der Waals surface area (Å²) in [6, 6.07) is 5.46. The van der Waals surface area contributed by atoms with E-state index in [1.807, 2.05) is 12.1 Å². The van der Waals surface area contributed by atoms with Gasteiger partial charge >= 0.3 is 6.09 Å². The Morgan fingerprint density at radius 2 is 2.09 bits per heavy atom. The first-order valence-corrected chi connectivity index (χ1v) is 7.67. The van der Waals surface area contributed by atoms with E-state index in [1.54, 1.807) is 23.9 Å². The van der Waals surface area contributed by atoms with Gasteiger partial charge in [-0.3, -0.25) is 10.1 Å². The maximum Gasteiger partial charge on any atom is 0.413 e. The molecule has 0 bridgehead atoms. The van der Waals surface area contributed by atoms with Crippen molar-refractivity contribution >= 4 is 52.5 Å². The third kappa shape index (κ3) is 6.15. The Balaban J connectivity index is 2.94. The summed E-state index contributed by atoms with van der Waals surface area (Å²) < 4.78 is 4.47. The molecule has 22 heavy (non-hydrogen) atoms. The lowest BCUT2D eigenvalue weighted by Gasteiger charge is -2.14. The van der Waals surface area contributed by atoms with Crippen molar-refractivity contribution < 1.29 is 14.3 Å². The molecule has 1 aromatic carbocycles. The summed E-state index contributed by atoms with van der Waals surface area (Å²) in [7, 11) is 1.24. The molecule has 6 nitrogen and oxygen atoms in total. The number of hydrogen-bond donors (Lipinski definition) is 3. The van der Waals surface area contributed by atoms with Crippen LogP contribution in [0.15, 0.2) is 35.7 Å². The van der Waals surface area contributed by atoms with Crippen LogP contribution >= 0.6 is 24.0 Å². The number of alkyl carbamates (subject to hydrolysis) is 1. The second-order valence-electron chi connectivity index (χ2n) is 4.06. The fourth-order valence-electron chi connectivity index (χ4n) is 1.47. The van der Waals surface area contributed by atoms with Gasteiger partial charge in [-0.25, -0.2) is 4.79 Å². The summed E-state index contributed by atoms with van der Waals surface area (Å²) in [5.74, 6) is 0.547. The highest BCUT2D eigenvalue weighted by atomic mass is 32.2. The maximum atomic E-state index is 11.3. The second-order valence-corrected chi connectivity index (χ2v) is 5.56. The van der Waals surface area contributed by atoms with E-state index in [4.69, 9.17) is 12.2 Å². The summed E-state index contributed by atoms with van der Waals surface area (Å²) in [6.45, 7) is 5.08. The molecule has 0 aromatic heterocycles. The summed E-state index contributed by atoms with van der Waals surface area (Å²) in [4.78, 5) is 23.4. The predicted molar refractivity (Wildman–Crippen MR) is 93.4 cm³/mol. The molecule has 0 fully saturated rings. The zero-order valence-corrected chi connectivity index (χ0v) is 13.9. The minimum atomic E-state index is -0.671. The van der Waals surface area contributed by atoms with Crippen molar-refractivity contribution in [2.24, 2.45) is 0 Å². The first-order valence-electron chi connectivity index (χ1n) is 6.27. The van der Waals surface area contributed by atoms with Crippen molar-refractivity contribution in [3.63, 3.8) is 0 Å². The number of rotatable bonds is 5. The third-order valence-electron chi connectivity index (χ3n) is 2.32. The standard InChI is InChI=1S/C14H17N3O3S2/c1-4-7-22-10-5-6-11(15-9(2)18)12(8-10)16-13(21)17-14(19)20-3/h4-6,8H,1,7H2,2-3H3,(H,15,18)(H2,16,17,19,21). The first-order chi connectivity index (χ1) is 10.5. The van der Waals surface area contributed by atoms with Gasteiger partial charge in [0.15, 0.2) is 5.11 Å². The van der Waals surface area contributed by atoms with Crippen LogP contribution in [0.1, 0.15) is 6.92 Å². The van der Waals surface area contributed by atoms with Gasteiger partial charge in [0.05, 0.1) is 18.5 Å². The van der Waals surface area contributed by atoms with Crippen LogP contribution in [0.5, 0.6) is 0 Å². The molecule has 2 amide bonds. The zero-order valence-electron chi connectivity index (χ0n) is 12.3. The Hall–Kier alpha value is -2.06. The molecule has 0 radical (unpaired) electrons. The van der Waals surface area contributed by atoms with Gasteiger partial charge in [0, 0.05) is 17.6 Å². The van der Waals surface area contributed by atoms with Gasteiger partial charge in [0.25, 0.3) is 0 Å². The lowest BCUT2D eigenvalue weighted by Crippen LogP contribution is -2.34. The maximum absolute atomic E-state index is 11.3. The number of benzene rings is 1. The van der Waals surface area contributed by atoms with E-state index in [0.717, 1.165) is 10.6 Å². The van der Waals surface area contributed by atoms with Crippen LogP contribution in [0.3, 0.4) is 0 Å². The normalized spacial score (nSPS) is 9.55. The fraction of sp³-hybridized carbons (Fsp3) is 0.214. The number of thiocarbonyl (C=S) groups is 1. The number of anilines is 2. The molecule has 0 saturated carbocycles. The van der Waals surface area contributed by atoms with Gasteiger partial charge in [-0.05, 0) is 30.4 Å². The average Bonchev–Trinajstić information content (AvgIpc) is 2.46. The quantitative estimate of drug-likeness (QED) is 0.435. The molecule has 0 spiro atoms. The number of hydrogen-bond acceptors (Lipinski definition) is 5. The van der Waals surface area contributed by atoms with E-state index in [-0.39, 0.29) is 11.0 Å². The highest BCUT2D eigenvalue weighted by Gasteiger charge is 2.09. The molecule has 1 aromatic rings. The molecule has 0 atom stereocenters. The number of nitrogens with one attached hydrogen (secondary N) is 3. The Morgan fingerprint density at radius 1 is 1.36 bits per heavy atom. The predicted octanol–water partition coefficient (Wildman–Crippen LogP) is 2.98. The van der Waals surface area contributed by atoms with Crippen LogP contribution in [0.4, 0.5) is 16.2 Å². The summed E-state index contributed by atoms with van der Waals surface area (Å²) in [5.41, 5.74) is 1.13. The van der Waals surface area contributed by atoms with E-state index in [2.05, 4.69) is 27.3 Å². The van der Waals surface area contributed by atoms with Crippen molar-refractivity contribution in [3.8, 4) is 0 Å². The Bertz CT molecular complexity index is 591. The monoisotopic (exact) mass is 339 g/mol. The van der Waals surface area contributed by atoms with Crippen molar-refractivity contribution in [1.82, 2.24) is 5.32 Å². The molecule has 0 unspecified atom stereocenters. The van der Waals surface area contributed by atoms with Crippen LogP contribution in [0.25, 0.3) is 0 Å². The van der Waals surface area contributed by atoms with E-state index in [1.165, 1.54) is 14.0 Å². The van der Waals surface area contributed by atoms with E-state index in [0.29, 0.717) is 11.4 Å². The lowest BCUT2D eigenvalue weighted by molar-refractivity contribution is -0.114. The molecule has 0 aliphatic heterocycles. The molecule has 0 saturated heterocycles. The number of thioether (sulfide) groups is 1. The van der Waals surface area contributed by atoms with Crippen molar-refractivity contribution in [2.45, 2.75) is 11.8 Å². The average molecular weight is 339 g/mol. The van der Waals surface area contributed by atoms with Gasteiger partial charge in [-0.15, -0.1) is 18.3 Å². The van der Waals surface area contributed by atoms with Crippen molar-refractivity contribution in [2.75, 3.05) is 23.5 Å². The van der Waals surface area contributed by atoms with Gasteiger partial charge in [-0.2, -0.15) is 0 Å². The number of carbonyl (C=O) groups is 2. The molecular weight excluding hydrogens is 322 g/mol. The summed E-state index contributed by atoms with van der Waals surface area (Å²) >= 11 is 6.61. The largest absolute Gasteiger partial charge is 0.453 e. The molecule has 118 valence electrons. The topological polar surface area (TPSA) is 79.5 Å². The highest BCUT2D eigenvalue weighted by Crippen LogP contribution is 2.28. The van der Waals surface area contributed by atoms with E-state index in [9.17, 15) is 9.59 Å². The van der Waals surface area contributed by atoms with E-state index < -0.39 is 6.09 Å². The molecule has 8 heteroatoms. The summed E-state index contributed by atoms with van der Waals surface area (Å²) in [5, 5.41) is 7.98. The molecule has 0 aliphatic rings. The van der Waals surface area contributed by atoms with Crippen LogP contribution < -0.4 is 16.0 Å². The van der Waals surface area contributed by atoms with Gasteiger partial charge in [0.1, 0.15) is 0 Å². The minimum Gasteiger partial charge on any atom is -0.453 e. The molecule has 3 N–H and O–H groups in total. The lowest BCUT2D eigenvalue weighted by atomic mass is 10.2. The Labute approximate surface area is 138 Å². The zero-order chi connectivity index (χ0) is 16.5. The second kappa shape index (κ2) is 9.06. The third-order valence-corrected chi connectivity index (χ3v) is 3.51. The first kappa shape index (κ1) is 18.0. The van der Waals surface area contributed by atoms with Crippen LogP contribution in [-0.2, 0) is 9.53 Å². The van der Waals surface area contributed by atoms with E-state index >= 15 is 0 Å². The molecule has 0 aliphatic carbocycles. The number of ether oxygens (including phenoxy) is 1. The Morgan fingerprint density at radius 3 is 2.68 bits per heavy atom. The van der Waals surface area contributed by atoms with Gasteiger partial charge < -0.3 is 15.4 Å². The SMILES string of the molecule is C=CCSc1ccc(NC(C)=O)c(NC(=S)NC(=O)OC)c1. The Kier molecular flexibility index (Phi) is 7.41. The summed E-state index contributed by atoms with van der Waals surface area (Å²) in [6.07, 6.45) is 1.12. The van der Waals surface area contributed by atoms with Gasteiger partial charge in [-0.1, -0.05) is 6.08 Å². The van der Waals surface area contributed by atoms with Crippen molar-refractivity contribution in [3.05, 3.63) is 30.9 Å². The number of amides is 2. The van der Waals surface area contributed by atoms with Crippen LogP contribution in [0, 0.1) is 0 Å². The van der Waals surface area contributed by atoms with Gasteiger partial charge in [0.2, 0.25) is 5.91 Å². The molecule has 1 rings (SSSR count). The molecular formula is C14H17N3O3S2. The van der Waals surface area contributed by atoms with Crippen LogP contribution in [-0.4, -0.2) is 30.0 Å². The fourth-order valence-corrected chi connectivity index (χ4v) is 2.34. The molecule has 0 heterocycles. The van der Waals surface area contributed by atoms with Crippen LogP contribution in [0.2, 0.25) is 0 Å². The number of carbonyl (C=O) groups excluding carboxylic acids is 2. The smallest absolute Gasteiger partial charge is 0.413 e. The number of methoxy groups -OCH3 is 1. The minimum absolute atomic E-state index is 0.0734. The highest BCUT2D eigenvalue weighted by molar-refractivity contribution is 7.99.